The quantitative estimate of drug-likeness (QED) is 0.864. The zero-order chi connectivity index (χ0) is 13.7. The molecule has 108 valence electrons. The topological polar surface area (TPSA) is 34.2 Å². The van der Waals surface area contributed by atoms with Crippen molar-refractivity contribution < 1.29 is 4.74 Å². The van der Waals surface area contributed by atoms with E-state index in [-0.39, 0.29) is 5.60 Å². The molecule has 1 heterocycles. The smallest absolute Gasteiger partial charge is 0.125 e. The Hall–Kier alpha value is -0.450. The number of aromatic nitrogens is 1. The summed E-state index contributed by atoms with van der Waals surface area (Å²) in [6, 6.07) is 0. The SMILES string of the molecule is CCNCc1cnc(C2(OCC)CCCC(C)C2)s1. The summed E-state index contributed by atoms with van der Waals surface area (Å²) in [4.78, 5) is 5.99. The third-order valence-corrected chi connectivity index (χ3v) is 5.05. The Bertz CT molecular complexity index is 389. The minimum Gasteiger partial charge on any atom is -0.368 e. The molecule has 0 radical (unpaired) electrons. The van der Waals surface area contributed by atoms with Gasteiger partial charge in [-0.2, -0.15) is 0 Å². The van der Waals surface area contributed by atoms with Gasteiger partial charge in [0.2, 0.25) is 0 Å². The van der Waals surface area contributed by atoms with Gasteiger partial charge >= 0.3 is 0 Å². The maximum atomic E-state index is 6.17. The molecule has 2 atom stereocenters. The van der Waals surface area contributed by atoms with Crippen LogP contribution in [0.5, 0.6) is 0 Å². The van der Waals surface area contributed by atoms with Crippen molar-refractivity contribution in [1.29, 1.82) is 0 Å². The number of nitrogens with one attached hydrogen (secondary N) is 1. The van der Waals surface area contributed by atoms with E-state index in [1.807, 2.05) is 17.5 Å². The molecule has 1 fully saturated rings. The van der Waals surface area contributed by atoms with Gasteiger partial charge in [-0.1, -0.05) is 20.3 Å². The van der Waals surface area contributed by atoms with Gasteiger partial charge in [0.25, 0.3) is 0 Å². The maximum absolute atomic E-state index is 6.17. The normalized spacial score (nSPS) is 27.6. The van der Waals surface area contributed by atoms with Gasteiger partial charge in [0.15, 0.2) is 0 Å². The highest BCUT2D eigenvalue weighted by Gasteiger charge is 2.39. The Labute approximate surface area is 120 Å². The Morgan fingerprint density at radius 3 is 3.05 bits per heavy atom. The summed E-state index contributed by atoms with van der Waals surface area (Å²) in [7, 11) is 0. The van der Waals surface area contributed by atoms with Crippen LogP contribution in [0.4, 0.5) is 0 Å². The standard InChI is InChI=1S/C15H26N2OS/c1-4-16-10-13-11-17-14(19-13)15(18-5-2)8-6-7-12(3)9-15/h11-12,16H,4-10H2,1-3H3. The van der Waals surface area contributed by atoms with E-state index in [1.165, 1.54) is 22.7 Å². The zero-order valence-corrected chi connectivity index (χ0v) is 13.2. The highest BCUT2D eigenvalue weighted by Crippen LogP contribution is 2.44. The first kappa shape index (κ1) is 14.9. The second kappa shape index (κ2) is 6.82. The van der Waals surface area contributed by atoms with E-state index in [2.05, 4.69) is 31.1 Å². The third kappa shape index (κ3) is 3.56. The number of ether oxygens (including phenoxy) is 1. The number of hydrogen-bond acceptors (Lipinski definition) is 4. The van der Waals surface area contributed by atoms with Crippen LogP contribution in [-0.2, 0) is 16.9 Å². The zero-order valence-electron chi connectivity index (χ0n) is 12.4. The summed E-state index contributed by atoms with van der Waals surface area (Å²) in [5, 5.41) is 4.55. The third-order valence-electron chi connectivity index (χ3n) is 3.87. The monoisotopic (exact) mass is 282 g/mol. The van der Waals surface area contributed by atoms with Crippen LogP contribution in [0.1, 0.15) is 56.3 Å². The minimum absolute atomic E-state index is 0.110. The van der Waals surface area contributed by atoms with E-state index in [1.54, 1.807) is 0 Å². The highest BCUT2D eigenvalue weighted by atomic mass is 32.1. The van der Waals surface area contributed by atoms with E-state index in [4.69, 9.17) is 4.74 Å². The molecule has 4 heteroatoms. The van der Waals surface area contributed by atoms with Gasteiger partial charge in [0.1, 0.15) is 10.6 Å². The second-order valence-corrected chi connectivity index (χ2v) is 6.66. The molecule has 2 rings (SSSR count). The van der Waals surface area contributed by atoms with E-state index < -0.39 is 0 Å². The van der Waals surface area contributed by atoms with E-state index in [0.717, 1.165) is 38.5 Å². The molecule has 1 aromatic heterocycles. The average molecular weight is 282 g/mol. The molecule has 0 amide bonds. The molecular weight excluding hydrogens is 256 g/mol. The fourth-order valence-electron chi connectivity index (χ4n) is 3.01. The molecule has 1 aromatic rings. The lowest BCUT2D eigenvalue weighted by atomic mass is 9.79. The Morgan fingerprint density at radius 1 is 1.53 bits per heavy atom. The number of hydrogen-bond donors (Lipinski definition) is 1. The summed E-state index contributed by atoms with van der Waals surface area (Å²) >= 11 is 1.82. The summed E-state index contributed by atoms with van der Waals surface area (Å²) in [5.74, 6) is 0.737. The predicted octanol–water partition coefficient (Wildman–Crippen LogP) is 3.69. The van der Waals surface area contributed by atoms with Crippen LogP contribution in [0.2, 0.25) is 0 Å². The van der Waals surface area contributed by atoms with Crippen LogP contribution in [0.15, 0.2) is 6.20 Å². The van der Waals surface area contributed by atoms with Gasteiger partial charge in [-0.05, 0) is 38.6 Å². The van der Waals surface area contributed by atoms with Crippen molar-refractivity contribution in [2.24, 2.45) is 5.92 Å². The highest BCUT2D eigenvalue weighted by molar-refractivity contribution is 7.11. The average Bonchev–Trinajstić information content (AvgIpc) is 2.86. The van der Waals surface area contributed by atoms with Crippen LogP contribution in [-0.4, -0.2) is 18.1 Å². The predicted molar refractivity (Wildman–Crippen MR) is 80.4 cm³/mol. The number of thiazole rings is 1. The molecule has 1 saturated carbocycles. The Balaban J connectivity index is 2.15. The summed E-state index contributed by atoms with van der Waals surface area (Å²) in [6.07, 6.45) is 6.84. The summed E-state index contributed by atoms with van der Waals surface area (Å²) in [5.41, 5.74) is -0.110. The molecule has 0 bridgehead atoms. The van der Waals surface area contributed by atoms with Gasteiger partial charge in [-0.25, -0.2) is 4.98 Å². The Morgan fingerprint density at radius 2 is 2.37 bits per heavy atom. The largest absolute Gasteiger partial charge is 0.368 e. The van der Waals surface area contributed by atoms with Crippen molar-refractivity contribution in [2.45, 2.75) is 58.6 Å². The van der Waals surface area contributed by atoms with E-state index >= 15 is 0 Å². The van der Waals surface area contributed by atoms with Crippen LogP contribution in [0.3, 0.4) is 0 Å². The molecule has 19 heavy (non-hydrogen) atoms. The first-order chi connectivity index (χ1) is 9.20. The van der Waals surface area contributed by atoms with Crippen LogP contribution >= 0.6 is 11.3 Å². The number of rotatable bonds is 6. The van der Waals surface area contributed by atoms with Crippen LogP contribution in [0, 0.1) is 5.92 Å². The van der Waals surface area contributed by atoms with Crippen molar-refractivity contribution in [3.8, 4) is 0 Å². The fraction of sp³-hybridized carbons (Fsp3) is 0.800. The number of nitrogens with zero attached hydrogens (tertiary/aromatic N) is 1. The molecule has 0 aromatic carbocycles. The lowest BCUT2D eigenvalue weighted by Crippen LogP contribution is -2.35. The van der Waals surface area contributed by atoms with Crippen LogP contribution < -0.4 is 5.32 Å². The minimum atomic E-state index is -0.110. The summed E-state index contributed by atoms with van der Waals surface area (Å²) < 4.78 is 6.17. The molecule has 2 unspecified atom stereocenters. The molecule has 0 spiro atoms. The lowest BCUT2D eigenvalue weighted by Gasteiger charge is -2.38. The molecule has 1 N–H and O–H groups in total. The molecular formula is C15H26N2OS. The first-order valence-corrected chi connectivity index (χ1v) is 8.31. The Kier molecular flexibility index (Phi) is 5.37. The molecule has 0 saturated heterocycles. The first-order valence-electron chi connectivity index (χ1n) is 7.50. The van der Waals surface area contributed by atoms with Gasteiger partial charge in [0, 0.05) is 24.2 Å². The molecule has 3 nitrogen and oxygen atoms in total. The fourth-order valence-corrected chi connectivity index (χ4v) is 4.08. The molecule has 1 aliphatic rings. The van der Waals surface area contributed by atoms with Crippen molar-refractivity contribution in [2.75, 3.05) is 13.2 Å². The summed E-state index contributed by atoms with van der Waals surface area (Å²) in [6.45, 7) is 9.25. The van der Waals surface area contributed by atoms with Crippen molar-refractivity contribution in [3.05, 3.63) is 16.1 Å². The van der Waals surface area contributed by atoms with Gasteiger partial charge in [-0.3, -0.25) is 0 Å². The lowest BCUT2D eigenvalue weighted by molar-refractivity contribution is -0.0820. The van der Waals surface area contributed by atoms with Gasteiger partial charge in [0.05, 0.1) is 0 Å². The van der Waals surface area contributed by atoms with E-state index in [9.17, 15) is 0 Å². The van der Waals surface area contributed by atoms with Crippen molar-refractivity contribution in [1.82, 2.24) is 10.3 Å². The second-order valence-electron chi connectivity index (χ2n) is 5.54. The molecule has 1 aliphatic carbocycles. The molecule has 0 aliphatic heterocycles. The maximum Gasteiger partial charge on any atom is 0.125 e. The van der Waals surface area contributed by atoms with E-state index in [0.29, 0.717) is 0 Å². The van der Waals surface area contributed by atoms with Gasteiger partial charge < -0.3 is 10.1 Å². The van der Waals surface area contributed by atoms with Crippen LogP contribution in [0.25, 0.3) is 0 Å². The van der Waals surface area contributed by atoms with Crippen molar-refractivity contribution in [3.63, 3.8) is 0 Å². The van der Waals surface area contributed by atoms with Crippen molar-refractivity contribution >= 4 is 11.3 Å². The van der Waals surface area contributed by atoms with Gasteiger partial charge in [-0.15, -0.1) is 11.3 Å².